The molecular formula is C19H22N2O3S3. The lowest BCUT2D eigenvalue weighted by Gasteiger charge is -2.12. The maximum Gasteiger partial charge on any atom is 0.255 e. The number of amides is 1. The summed E-state index contributed by atoms with van der Waals surface area (Å²) in [5.41, 5.74) is 2.35. The molecule has 2 N–H and O–H groups in total. The second kappa shape index (κ2) is 8.68. The van der Waals surface area contributed by atoms with Crippen molar-refractivity contribution in [2.75, 3.05) is 16.8 Å². The van der Waals surface area contributed by atoms with E-state index in [0.717, 1.165) is 17.2 Å². The number of carbonyl (C=O) groups excluding carboxylic acids is 1. The number of sulfonamides is 1. The van der Waals surface area contributed by atoms with Gasteiger partial charge in [0.05, 0.1) is 9.48 Å². The van der Waals surface area contributed by atoms with Crippen molar-refractivity contribution in [1.82, 2.24) is 4.72 Å². The highest BCUT2D eigenvalue weighted by atomic mass is 32.2. The molecule has 0 unspecified atom stereocenters. The van der Waals surface area contributed by atoms with Gasteiger partial charge in [0.15, 0.2) is 0 Å². The molecule has 0 aliphatic carbocycles. The fraction of sp³-hybridized carbons (Fsp3) is 0.316. The van der Waals surface area contributed by atoms with Gasteiger partial charge in [-0.2, -0.15) is 0 Å². The molecule has 1 aliphatic heterocycles. The van der Waals surface area contributed by atoms with E-state index in [0.29, 0.717) is 10.1 Å². The van der Waals surface area contributed by atoms with Gasteiger partial charge in [0, 0.05) is 28.8 Å². The Morgan fingerprint density at radius 2 is 1.74 bits per heavy atom. The number of thioether (sulfide) groups is 2. The molecule has 2 aromatic rings. The predicted molar refractivity (Wildman–Crippen MR) is 114 cm³/mol. The van der Waals surface area contributed by atoms with E-state index in [-0.39, 0.29) is 16.8 Å². The third kappa shape index (κ3) is 5.28. The molecule has 3 rings (SSSR count). The molecule has 0 aromatic heterocycles. The molecule has 27 heavy (non-hydrogen) atoms. The van der Waals surface area contributed by atoms with Crippen LogP contribution in [-0.4, -0.2) is 31.9 Å². The van der Waals surface area contributed by atoms with Crippen molar-refractivity contribution >= 4 is 45.1 Å². The SMILES string of the molecule is CC(C)NS(=O)(=O)c1ccc(C(=O)Nc2cccc(C3SCCS3)c2)cc1. The molecular weight excluding hydrogens is 400 g/mol. The van der Waals surface area contributed by atoms with Gasteiger partial charge in [-0.25, -0.2) is 13.1 Å². The molecule has 1 saturated heterocycles. The molecule has 0 spiro atoms. The van der Waals surface area contributed by atoms with Crippen LogP contribution in [0.15, 0.2) is 53.4 Å². The molecule has 2 aromatic carbocycles. The zero-order valence-electron chi connectivity index (χ0n) is 15.1. The zero-order valence-corrected chi connectivity index (χ0v) is 17.6. The fourth-order valence-corrected chi connectivity index (χ4v) is 6.77. The first-order valence-electron chi connectivity index (χ1n) is 8.62. The number of anilines is 1. The Morgan fingerprint density at radius 3 is 2.37 bits per heavy atom. The van der Waals surface area contributed by atoms with Crippen molar-refractivity contribution in [3.63, 3.8) is 0 Å². The maximum atomic E-state index is 12.5. The first-order valence-corrected chi connectivity index (χ1v) is 12.2. The minimum absolute atomic E-state index is 0.144. The Hall–Kier alpha value is -1.48. The summed E-state index contributed by atoms with van der Waals surface area (Å²) in [5, 5.41) is 2.89. The lowest BCUT2D eigenvalue weighted by atomic mass is 10.2. The Kier molecular flexibility index (Phi) is 6.52. The molecule has 0 saturated carbocycles. The molecule has 144 valence electrons. The van der Waals surface area contributed by atoms with Gasteiger partial charge in [0.2, 0.25) is 10.0 Å². The molecule has 1 fully saturated rings. The summed E-state index contributed by atoms with van der Waals surface area (Å²) >= 11 is 3.83. The van der Waals surface area contributed by atoms with Crippen LogP contribution in [0.2, 0.25) is 0 Å². The largest absolute Gasteiger partial charge is 0.322 e. The van der Waals surface area contributed by atoms with Crippen LogP contribution in [0.4, 0.5) is 5.69 Å². The van der Waals surface area contributed by atoms with Crippen molar-refractivity contribution in [1.29, 1.82) is 0 Å². The van der Waals surface area contributed by atoms with Crippen molar-refractivity contribution in [2.45, 2.75) is 29.4 Å². The molecule has 0 bridgehead atoms. The topological polar surface area (TPSA) is 75.3 Å². The van der Waals surface area contributed by atoms with Crippen LogP contribution in [0.25, 0.3) is 0 Å². The zero-order chi connectivity index (χ0) is 19.4. The lowest BCUT2D eigenvalue weighted by molar-refractivity contribution is 0.102. The number of rotatable bonds is 6. The van der Waals surface area contributed by atoms with Crippen molar-refractivity contribution < 1.29 is 13.2 Å². The minimum Gasteiger partial charge on any atom is -0.322 e. The van der Waals surface area contributed by atoms with Crippen LogP contribution in [0.5, 0.6) is 0 Å². The smallest absolute Gasteiger partial charge is 0.255 e. The van der Waals surface area contributed by atoms with Crippen LogP contribution in [0.1, 0.15) is 34.4 Å². The number of benzene rings is 2. The summed E-state index contributed by atoms with van der Waals surface area (Å²) in [4.78, 5) is 12.6. The summed E-state index contributed by atoms with van der Waals surface area (Å²) in [5.74, 6) is 2.03. The summed E-state index contributed by atoms with van der Waals surface area (Å²) in [7, 11) is -3.56. The summed E-state index contributed by atoms with van der Waals surface area (Å²) in [6.45, 7) is 3.52. The van der Waals surface area contributed by atoms with Gasteiger partial charge in [-0.1, -0.05) is 12.1 Å². The molecule has 1 aliphatic rings. The highest BCUT2D eigenvalue weighted by Gasteiger charge is 2.19. The van der Waals surface area contributed by atoms with E-state index in [1.165, 1.54) is 29.8 Å². The van der Waals surface area contributed by atoms with E-state index in [1.807, 2.05) is 41.7 Å². The summed E-state index contributed by atoms with van der Waals surface area (Å²) in [6.07, 6.45) is 0. The highest BCUT2D eigenvalue weighted by Crippen LogP contribution is 2.45. The molecule has 0 radical (unpaired) electrons. The summed E-state index contributed by atoms with van der Waals surface area (Å²) < 4.78 is 27.3. The van der Waals surface area contributed by atoms with Gasteiger partial charge < -0.3 is 5.32 Å². The van der Waals surface area contributed by atoms with Crippen molar-refractivity contribution in [3.05, 3.63) is 59.7 Å². The Balaban J connectivity index is 1.70. The average molecular weight is 423 g/mol. The monoisotopic (exact) mass is 422 g/mol. The van der Waals surface area contributed by atoms with E-state index in [1.54, 1.807) is 13.8 Å². The standard InChI is InChI=1S/C19H22N2O3S3/c1-13(2)21-27(23,24)17-8-6-14(7-9-17)18(22)20-16-5-3-4-15(12-16)19-25-10-11-26-19/h3-9,12-13,19,21H,10-11H2,1-2H3,(H,20,22). The van der Waals surface area contributed by atoms with Gasteiger partial charge in [-0.15, -0.1) is 23.5 Å². The minimum atomic E-state index is -3.56. The highest BCUT2D eigenvalue weighted by molar-refractivity contribution is 8.19. The molecule has 1 amide bonds. The van der Waals surface area contributed by atoms with Crippen LogP contribution in [0, 0.1) is 0 Å². The molecule has 8 heteroatoms. The van der Waals surface area contributed by atoms with Gasteiger partial charge in [0.1, 0.15) is 0 Å². The average Bonchev–Trinajstić information content (AvgIpc) is 3.16. The number of hydrogen-bond donors (Lipinski definition) is 2. The summed E-state index contributed by atoms with van der Waals surface area (Å²) in [6, 6.07) is 13.6. The van der Waals surface area contributed by atoms with Crippen LogP contribution in [-0.2, 0) is 10.0 Å². The van der Waals surface area contributed by atoms with Gasteiger partial charge in [-0.05, 0) is 55.8 Å². The quantitative estimate of drug-likeness (QED) is 0.733. The van der Waals surface area contributed by atoms with E-state index in [2.05, 4.69) is 16.1 Å². The number of carbonyl (C=O) groups is 1. The van der Waals surface area contributed by atoms with Crippen LogP contribution in [0.3, 0.4) is 0 Å². The van der Waals surface area contributed by atoms with Gasteiger partial charge in [0.25, 0.3) is 5.91 Å². The maximum absolute atomic E-state index is 12.5. The Labute approximate surface area is 168 Å². The molecule has 1 heterocycles. The third-order valence-electron chi connectivity index (χ3n) is 3.86. The second-order valence-electron chi connectivity index (χ2n) is 6.45. The molecule has 5 nitrogen and oxygen atoms in total. The lowest BCUT2D eigenvalue weighted by Crippen LogP contribution is -2.30. The first-order chi connectivity index (χ1) is 12.8. The molecule has 0 atom stereocenters. The van der Waals surface area contributed by atoms with Crippen molar-refractivity contribution in [2.24, 2.45) is 0 Å². The van der Waals surface area contributed by atoms with E-state index in [4.69, 9.17) is 0 Å². The van der Waals surface area contributed by atoms with E-state index >= 15 is 0 Å². The van der Waals surface area contributed by atoms with Crippen molar-refractivity contribution in [3.8, 4) is 0 Å². The Morgan fingerprint density at radius 1 is 1.07 bits per heavy atom. The van der Waals surface area contributed by atoms with Gasteiger partial charge in [-0.3, -0.25) is 4.79 Å². The van der Waals surface area contributed by atoms with Gasteiger partial charge >= 0.3 is 0 Å². The number of hydrogen-bond acceptors (Lipinski definition) is 5. The second-order valence-corrected chi connectivity index (χ2v) is 10.9. The van der Waals surface area contributed by atoms with Crippen LogP contribution < -0.4 is 10.0 Å². The van der Waals surface area contributed by atoms with E-state index in [9.17, 15) is 13.2 Å². The number of nitrogens with one attached hydrogen (secondary N) is 2. The van der Waals surface area contributed by atoms with Crippen LogP contribution >= 0.6 is 23.5 Å². The predicted octanol–water partition coefficient (Wildman–Crippen LogP) is 4.10. The third-order valence-corrected chi connectivity index (χ3v) is 8.63. The first kappa shape index (κ1) is 20.3. The Bertz CT molecular complexity index is 906. The fourth-order valence-electron chi connectivity index (χ4n) is 2.68. The van der Waals surface area contributed by atoms with E-state index < -0.39 is 10.0 Å². The normalized spacial score (nSPS) is 15.2.